The molecular formula is C12H9ClFN5O. The highest BCUT2D eigenvalue weighted by Crippen LogP contribution is 2.31. The molecule has 0 saturated carbocycles. The molecule has 2 N–H and O–H groups in total. The van der Waals surface area contributed by atoms with Crippen molar-refractivity contribution in [1.29, 1.82) is 0 Å². The van der Waals surface area contributed by atoms with E-state index in [2.05, 4.69) is 25.5 Å². The molecule has 0 aliphatic heterocycles. The molecule has 102 valence electrons. The minimum absolute atomic E-state index is 0.0221. The normalized spacial score (nSPS) is 10.8. The summed E-state index contributed by atoms with van der Waals surface area (Å²) in [4.78, 5) is 7.36. The fourth-order valence-electron chi connectivity index (χ4n) is 1.80. The molecule has 3 aromatic rings. The zero-order valence-electron chi connectivity index (χ0n) is 10.3. The van der Waals surface area contributed by atoms with Gasteiger partial charge in [-0.2, -0.15) is 10.1 Å². The third kappa shape index (κ3) is 2.23. The Bertz CT molecular complexity index is 776. The molecule has 0 saturated heterocycles. The monoisotopic (exact) mass is 293 g/mol. The molecule has 8 heteroatoms. The second kappa shape index (κ2) is 4.93. The van der Waals surface area contributed by atoms with Crippen molar-refractivity contribution in [2.24, 2.45) is 0 Å². The molecule has 6 nitrogen and oxygen atoms in total. The number of aromatic amines is 1. The van der Waals surface area contributed by atoms with Crippen molar-refractivity contribution in [3.05, 3.63) is 35.6 Å². The molecule has 0 radical (unpaired) electrons. The average Bonchev–Trinajstić information content (AvgIpc) is 2.89. The van der Waals surface area contributed by atoms with Gasteiger partial charge in [0.1, 0.15) is 5.75 Å². The fourth-order valence-corrected chi connectivity index (χ4v) is 1.93. The Balaban J connectivity index is 2.06. The van der Waals surface area contributed by atoms with Gasteiger partial charge in [0.15, 0.2) is 11.6 Å². The lowest BCUT2D eigenvalue weighted by atomic mass is 10.2. The lowest BCUT2D eigenvalue weighted by Gasteiger charge is -2.11. The van der Waals surface area contributed by atoms with Crippen molar-refractivity contribution >= 4 is 34.0 Å². The molecule has 2 heterocycles. The minimum Gasteiger partial charge on any atom is -0.494 e. The Hall–Kier alpha value is -2.41. The summed E-state index contributed by atoms with van der Waals surface area (Å²) in [7, 11) is 1.52. The standard InChI is InChI=1S/C12H9ClFN5O/c1-20-10-3-8-6(4-16-19-8)2-9(10)17-11-7(14)5-15-12(13)18-11/h2-5H,1H3,(H,16,19)(H,15,17,18). The zero-order valence-corrected chi connectivity index (χ0v) is 11.1. The van der Waals surface area contributed by atoms with Gasteiger partial charge in [0.25, 0.3) is 0 Å². The number of H-pyrrole nitrogens is 1. The first kappa shape index (κ1) is 12.6. The molecular weight excluding hydrogens is 285 g/mol. The number of ether oxygens (including phenoxy) is 1. The second-order valence-electron chi connectivity index (χ2n) is 3.97. The topological polar surface area (TPSA) is 75.7 Å². The number of hydrogen-bond acceptors (Lipinski definition) is 5. The van der Waals surface area contributed by atoms with Gasteiger partial charge in [-0.15, -0.1) is 0 Å². The van der Waals surface area contributed by atoms with Crippen molar-refractivity contribution in [1.82, 2.24) is 20.2 Å². The number of rotatable bonds is 3. The van der Waals surface area contributed by atoms with Crippen LogP contribution in [0.1, 0.15) is 0 Å². The van der Waals surface area contributed by atoms with E-state index in [0.29, 0.717) is 11.4 Å². The summed E-state index contributed by atoms with van der Waals surface area (Å²) in [6.45, 7) is 0. The maximum atomic E-state index is 13.6. The molecule has 0 aliphatic rings. The van der Waals surface area contributed by atoms with Crippen LogP contribution in [0, 0.1) is 5.82 Å². The number of halogens is 2. The molecule has 3 rings (SSSR count). The van der Waals surface area contributed by atoms with Gasteiger partial charge >= 0.3 is 0 Å². The lowest BCUT2D eigenvalue weighted by molar-refractivity contribution is 0.417. The Kier molecular flexibility index (Phi) is 3.11. The highest BCUT2D eigenvalue weighted by Gasteiger charge is 2.11. The van der Waals surface area contributed by atoms with Gasteiger partial charge in [0.2, 0.25) is 5.28 Å². The molecule has 2 aromatic heterocycles. The summed E-state index contributed by atoms with van der Waals surface area (Å²) >= 11 is 5.66. The van der Waals surface area contributed by atoms with Gasteiger partial charge in [-0.3, -0.25) is 5.10 Å². The molecule has 0 amide bonds. The molecule has 0 fully saturated rings. The van der Waals surface area contributed by atoms with E-state index < -0.39 is 5.82 Å². The van der Waals surface area contributed by atoms with E-state index in [0.717, 1.165) is 17.1 Å². The second-order valence-corrected chi connectivity index (χ2v) is 4.31. The van der Waals surface area contributed by atoms with E-state index >= 15 is 0 Å². The van der Waals surface area contributed by atoms with E-state index in [-0.39, 0.29) is 11.1 Å². The molecule has 0 atom stereocenters. The Morgan fingerprint density at radius 3 is 3.00 bits per heavy atom. The minimum atomic E-state index is -0.608. The van der Waals surface area contributed by atoms with Crippen molar-refractivity contribution in [2.75, 3.05) is 12.4 Å². The largest absolute Gasteiger partial charge is 0.494 e. The van der Waals surface area contributed by atoms with Crippen LogP contribution in [0.15, 0.2) is 24.5 Å². The maximum absolute atomic E-state index is 13.6. The van der Waals surface area contributed by atoms with Gasteiger partial charge in [0, 0.05) is 11.5 Å². The Labute approximate surface area is 118 Å². The maximum Gasteiger partial charge on any atom is 0.224 e. The molecule has 1 aromatic carbocycles. The molecule has 0 bridgehead atoms. The van der Waals surface area contributed by atoms with Crippen molar-refractivity contribution in [3.63, 3.8) is 0 Å². The third-order valence-corrected chi connectivity index (χ3v) is 2.91. The van der Waals surface area contributed by atoms with Gasteiger partial charge in [-0.25, -0.2) is 9.37 Å². The number of anilines is 2. The van der Waals surface area contributed by atoms with Crippen molar-refractivity contribution < 1.29 is 9.13 Å². The third-order valence-electron chi connectivity index (χ3n) is 2.73. The van der Waals surface area contributed by atoms with E-state index in [4.69, 9.17) is 16.3 Å². The van der Waals surface area contributed by atoms with E-state index in [1.807, 2.05) is 0 Å². The van der Waals surface area contributed by atoms with Gasteiger partial charge < -0.3 is 10.1 Å². The van der Waals surface area contributed by atoms with Gasteiger partial charge in [-0.05, 0) is 17.7 Å². The van der Waals surface area contributed by atoms with Crippen molar-refractivity contribution in [2.45, 2.75) is 0 Å². The zero-order chi connectivity index (χ0) is 14.1. The van der Waals surface area contributed by atoms with E-state index in [1.54, 1.807) is 18.3 Å². The quantitative estimate of drug-likeness (QED) is 0.726. The predicted octanol–water partition coefficient (Wildman–Crippen LogP) is 2.90. The van der Waals surface area contributed by atoms with Gasteiger partial charge in [-0.1, -0.05) is 0 Å². The average molecular weight is 294 g/mol. The summed E-state index contributed by atoms with van der Waals surface area (Å²) in [5, 5.41) is 10.4. The molecule has 20 heavy (non-hydrogen) atoms. The fraction of sp³-hybridized carbons (Fsp3) is 0.0833. The predicted molar refractivity (Wildman–Crippen MR) is 72.9 cm³/mol. The molecule has 0 spiro atoms. The van der Waals surface area contributed by atoms with Crippen LogP contribution >= 0.6 is 11.6 Å². The first-order valence-corrected chi connectivity index (χ1v) is 6.01. The Morgan fingerprint density at radius 2 is 2.20 bits per heavy atom. The van der Waals surface area contributed by atoms with E-state index in [9.17, 15) is 4.39 Å². The number of nitrogens with one attached hydrogen (secondary N) is 2. The van der Waals surface area contributed by atoms with Crippen LogP contribution in [-0.4, -0.2) is 27.3 Å². The number of nitrogens with zero attached hydrogens (tertiary/aromatic N) is 3. The van der Waals surface area contributed by atoms with Crippen LogP contribution in [0.25, 0.3) is 10.9 Å². The summed E-state index contributed by atoms with van der Waals surface area (Å²) in [6, 6.07) is 3.53. The van der Waals surface area contributed by atoms with Crippen LogP contribution in [-0.2, 0) is 0 Å². The lowest BCUT2D eigenvalue weighted by Crippen LogP contribution is -2.00. The van der Waals surface area contributed by atoms with Crippen LogP contribution in [0.3, 0.4) is 0 Å². The first-order valence-electron chi connectivity index (χ1n) is 5.63. The highest BCUT2D eigenvalue weighted by atomic mass is 35.5. The number of benzene rings is 1. The smallest absolute Gasteiger partial charge is 0.224 e. The van der Waals surface area contributed by atoms with Crippen LogP contribution in [0.5, 0.6) is 5.75 Å². The number of fused-ring (bicyclic) bond motifs is 1. The summed E-state index contributed by atoms with van der Waals surface area (Å²) in [5.41, 5.74) is 1.36. The number of aromatic nitrogens is 4. The van der Waals surface area contributed by atoms with Crippen LogP contribution in [0.4, 0.5) is 15.9 Å². The highest BCUT2D eigenvalue weighted by molar-refractivity contribution is 6.28. The number of methoxy groups -OCH3 is 1. The Morgan fingerprint density at radius 1 is 1.35 bits per heavy atom. The SMILES string of the molecule is COc1cc2[nH]ncc2cc1Nc1nc(Cl)ncc1F. The summed E-state index contributed by atoms with van der Waals surface area (Å²) in [5.74, 6) is -0.106. The molecule has 0 unspecified atom stereocenters. The first-order chi connectivity index (χ1) is 9.67. The van der Waals surface area contributed by atoms with Gasteiger partial charge in [0.05, 0.1) is 30.7 Å². The summed E-state index contributed by atoms with van der Waals surface area (Å²) < 4.78 is 18.9. The van der Waals surface area contributed by atoms with Crippen LogP contribution < -0.4 is 10.1 Å². The van der Waals surface area contributed by atoms with E-state index in [1.165, 1.54) is 7.11 Å². The number of hydrogen-bond donors (Lipinski definition) is 2. The molecule has 0 aliphatic carbocycles. The summed E-state index contributed by atoms with van der Waals surface area (Å²) in [6.07, 6.45) is 2.66. The van der Waals surface area contributed by atoms with Crippen LogP contribution in [0.2, 0.25) is 5.28 Å². The van der Waals surface area contributed by atoms with Crippen molar-refractivity contribution in [3.8, 4) is 5.75 Å².